The Morgan fingerprint density at radius 2 is 1.03 bits per heavy atom. The predicted molar refractivity (Wildman–Crippen MR) is 114 cm³/mol. The van der Waals surface area contributed by atoms with Crippen molar-refractivity contribution in [2.24, 2.45) is 0 Å². The van der Waals surface area contributed by atoms with Crippen molar-refractivity contribution < 1.29 is 23.2 Å². The van der Waals surface area contributed by atoms with Gasteiger partial charge in [-0.05, 0) is 53.1 Å². The van der Waals surface area contributed by atoms with Crippen LogP contribution < -0.4 is 0 Å². The molecule has 3 aromatic rings. The van der Waals surface area contributed by atoms with Gasteiger partial charge < -0.3 is 10.2 Å². The predicted octanol–water partition coefficient (Wildman–Crippen LogP) is 5.89. The average molecular weight is 494 g/mol. The van der Waals surface area contributed by atoms with Crippen LogP contribution in [0.5, 0.6) is 11.5 Å². The normalized spacial score (nSPS) is 12.2. The zero-order valence-electron chi connectivity index (χ0n) is 14.3. The zero-order chi connectivity index (χ0) is 21.6. The molecule has 0 spiro atoms. The molecule has 0 aliphatic heterocycles. The fourth-order valence-electron chi connectivity index (χ4n) is 3.12. The molecule has 0 radical (unpaired) electrons. The maximum absolute atomic E-state index is 12.9. The summed E-state index contributed by atoms with van der Waals surface area (Å²) in [5.74, 6) is -1.06. The van der Waals surface area contributed by atoms with E-state index in [4.69, 9.17) is 46.4 Å². The third kappa shape index (κ3) is 3.77. The van der Waals surface area contributed by atoms with Gasteiger partial charge in [0.05, 0.1) is 20.1 Å². The second-order valence-electron chi connectivity index (χ2n) is 6.12. The lowest BCUT2D eigenvalue weighted by atomic mass is 9.84. The third-order valence-corrected chi connectivity index (χ3v) is 7.38. The SMILES string of the molecule is O=S(=O)(O)C(c1ccc(O)c(O)c1)(c1ccc(Cl)c(Cl)c1)c1ccc(Cl)c(Cl)c1. The molecule has 0 fully saturated rings. The largest absolute Gasteiger partial charge is 0.504 e. The third-order valence-electron chi connectivity index (χ3n) is 4.42. The maximum atomic E-state index is 12.9. The van der Waals surface area contributed by atoms with Crippen molar-refractivity contribution >= 4 is 56.5 Å². The molecule has 0 aliphatic carbocycles. The minimum absolute atomic E-state index is 0.0258. The van der Waals surface area contributed by atoms with Crippen molar-refractivity contribution in [2.75, 3.05) is 0 Å². The fraction of sp³-hybridized carbons (Fsp3) is 0.0526. The Kier molecular flexibility index (Phi) is 5.98. The number of rotatable bonds is 4. The van der Waals surface area contributed by atoms with E-state index in [0.29, 0.717) is 0 Å². The van der Waals surface area contributed by atoms with Gasteiger partial charge in [-0.1, -0.05) is 64.6 Å². The molecule has 0 saturated carbocycles. The van der Waals surface area contributed by atoms with E-state index in [1.54, 1.807) is 0 Å². The lowest BCUT2D eigenvalue weighted by Gasteiger charge is -2.33. The summed E-state index contributed by atoms with van der Waals surface area (Å²) in [6.07, 6.45) is 0. The lowest BCUT2D eigenvalue weighted by Crippen LogP contribution is -2.38. The minimum Gasteiger partial charge on any atom is -0.504 e. The quantitative estimate of drug-likeness (QED) is 0.239. The average Bonchev–Trinajstić information content (AvgIpc) is 2.63. The summed E-state index contributed by atoms with van der Waals surface area (Å²) in [4.78, 5) is 0. The number of phenols is 2. The summed E-state index contributed by atoms with van der Waals surface area (Å²) in [5.41, 5.74) is -0.0252. The highest BCUT2D eigenvalue weighted by atomic mass is 35.5. The molecule has 10 heteroatoms. The van der Waals surface area contributed by atoms with Crippen LogP contribution in [0.15, 0.2) is 54.6 Å². The van der Waals surface area contributed by atoms with Crippen LogP contribution in [0.1, 0.15) is 16.7 Å². The smallest absolute Gasteiger partial charge is 0.283 e. The Hall–Kier alpha value is -1.67. The topological polar surface area (TPSA) is 94.8 Å². The van der Waals surface area contributed by atoms with Gasteiger partial charge in [-0.25, -0.2) is 0 Å². The lowest BCUT2D eigenvalue weighted by molar-refractivity contribution is 0.402. The van der Waals surface area contributed by atoms with Gasteiger partial charge in [-0.15, -0.1) is 0 Å². The molecule has 5 nitrogen and oxygen atoms in total. The number of hydrogen-bond donors (Lipinski definition) is 3. The molecule has 3 rings (SSSR count). The molecule has 0 unspecified atom stereocenters. The van der Waals surface area contributed by atoms with E-state index in [1.807, 2.05) is 0 Å². The van der Waals surface area contributed by atoms with Gasteiger partial charge in [0.15, 0.2) is 16.2 Å². The number of aromatic hydroxyl groups is 2. The van der Waals surface area contributed by atoms with E-state index in [9.17, 15) is 23.2 Å². The fourth-order valence-corrected chi connectivity index (χ4v) is 4.99. The zero-order valence-corrected chi connectivity index (χ0v) is 18.1. The number of phenolic OH excluding ortho intramolecular Hbond substituents is 2. The van der Waals surface area contributed by atoms with E-state index in [-0.39, 0.29) is 36.8 Å². The molecule has 152 valence electrons. The van der Waals surface area contributed by atoms with Crippen LogP contribution in [0.3, 0.4) is 0 Å². The van der Waals surface area contributed by atoms with Crippen LogP contribution in [-0.2, 0) is 14.9 Å². The van der Waals surface area contributed by atoms with Crippen molar-refractivity contribution in [2.45, 2.75) is 4.75 Å². The summed E-state index contributed by atoms with van der Waals surface area (Å²) in [5, 5.41) is 20.1. The molecule has 0 heterocycles. The number of halogens is 4. The Labute approximate surface area is 186 Å². The van der Waals surface area contributed by atoms with Crippen LogP contribution in [0.4, 0.5) is 0 Å². The first-order valence-corrected chi connectivity index (χ1v) is 10.8. The van der Waals surface area contributed by atoms with Crippen molar-refractivity contribution in [1.82, 2.24) is 0 Å². The molecule has 0 aliphatic rings. The van der Waals surface area contributed by atoms with Gasteiger partial charge >= 0.3 is 0 Å². The monoisotopic (exact) mass is 492 g/mol. The molecule has 29 heavy (non-hydrogen) atoms. The first kappa shape index (κ1) is 22.0. The van der Waals surface area contributed by atoms with E-state index in [0.717, 1.165) is 12.1 Å². The summed E-state index contributed by atoms with van der Waals surface area (Å²) in [6, 6.07) is 11.4. The second kappa shape index (κ2) is 7.87. The summed E-state index contributed by atoms with van der Waals surface area (Å²) < 4.78 is 34.0. The van der Waals surface area contributed by atoms with Crippen LogP contribution in [0.25, 0.3) is 0 Å². The molecule has 0 bridgehead atoms. The van der Waals surface area contributed by atoms with Gasteiger partial charge in [0.1, 0.15) is 0 Å². The molecule has 3 aromatic carbocycles. The van der Waals surface area contributed by atoms with Gasteiger partial charge in [-0.3, -0.25) is 4.55 Å². The Bertz CT molecular complexity index is 1090. The van der Waals surface area contributed by atoms with Crippen molar-refractivity contribution in [3.63, 3.8) is 0 Å². The van der Waals surface area contributed by atoms with E-state index < -0.39 is 26.4 Å². The highest BCUT2D eigenvalue weighted by molar-refractivity contribution is 7.87. The molecule has 0 atom stereocenters. The first-order valence-electron chi connectivity index (χ1n) is 7.89. The minimum atomic E-state index is -4.97. The van der Waals surface area contributed by atoms with Crippen LogP contribution in [-0.4, -0.2) is 23.2 Å². The maximum Gasteiger partial charge on any atom is 0.283 e. The van der Waals surface area contributed by atoms with Crippen LogP contribution in [0.2, 0.25) is 20.1 Å². The molecular weight excluding hydrogens is 482 g/mol. The molecule has 0 amide bonds. The standard InChI is InChI=1S/C19H12Cl4O5S/c20-13-4-1-10(7-15(13)22)19(29(26,27)28,11-2-5-14(21)16(23)8-11)12-3-6-17(24)18(25)9-12/h1-9,24-25H,(H,26,27,28). The Balaban J connectivity index is 2.53. The summed E-state index contributed by atoms with van der Waals surface area (Å²) in [7, 11) is -4.97. The van der Waals surface area contributed by atoms with Crippen LogP contribution >= 0.6 is 46.4 Å². The van der Waals surface area contributed by atoms with Crippen molar-refractivity contribution in [3.8, 4) is 11.5 Å². The van der Waals surface area contributed by atoms with E-state index in [1.165, 1.54) is 42.5 Å². The van der Waals surface area contributed by atoms with Crippen molar-refractivity contribution in [1.29, 1.82) is 0 Å². The number of benzene rings is 3. The molecular formula is C19H12Cl4O5S. The molecule has 0 aromatic heterocycles. The van der Waals surface area contributed by atoms with Gasteiger partial charge in [0.2, 0.25) is 0 Å². The van der Waals surface area contributed by atoms with E-state index in [2.05, 4.69) is 0 Å². The van der Waals surface area contributed by atoms with Gasteiger partial charge in [0, 0.05) is 0 Å². The second-order valence-corrected chi connectivity index (χ2v) is 9.31. The van der Waals surface area contributed by atoms with Gasteiger partial charge in [-0.2, -0.15) is 8.42 Å². The number of hydrogen-bond acceptors (Lipinski definition) is 4. The summed E-state index contributed by atoms with van der Waals surface area (Å²) >= 11 is 24.2. The van der Waals surface area contributed by atoms with E-state index >= 15 is 0 Å². The highest BCUT2D eigenvalue weighted by Gasteiger charge is 2.49. The Morgan fingerprint density at radius 1 is 0.621 bits per heavy atom. The Morgan fingerprint density at radius 3 is 1.41 bits per heavy atom. The molecule has 3 N–H and O–H groups in total. The van der Waals surface area contributed by atoms with Gasteiger partial charge in [0.25, 0.3) is 10.1 Å². The van der Waals surface area contributed by atoms with Crippen LogP contribution in [0, 0.1) is 0 Å². The van der Waals surface area contributed by atoms with Crippen molar-refractivity contribution in [3.05, 3.63) is 91.4 Å². The highest BCUT2D eigenvalue weighted by Crippen LogP contribution is 2.47. The first-order chi connectivity index (χ1) is 13.5. The summed E-state index contributed by atoms with van der Waals surface area (Å²) in [6.45, 7) is 0. The molecule has 0 saturated heterocycles.